The summed E-state index contributed by atoms with van der Waals surface area (Å²) in [6, 6.07) is 9.94. The van der Waals surface area contributed by atoms with Crippen molar-refractivity contribution in [2.24, 2.45) is 5.92 Å². The van der Waals surface area contributed by atoms with Crippen LogP contribution in [-0.4, -0.2) is 18.3 Å². The van der Waals surface area contributed by atoms with E-state index in [1.807, 2.05) is 36.0 Å². The van der Waals surface area contributed by atoms with Crippen LogP contribution in [0.2, 0.25) is 0 Å². The Bertz CT molecular complexity index is 707. The Labute approximate surface area is 166 Å². The van der Waals surface area contributed by atoms with Gasteiger partial charge < -0.3 is 9.15 Å². The molecule has 0 aliphatic carbocycles. The van der Waals surface area contributed by atoms with Gasteiger partial charge in [-0.15, -0.1) is 11.8 Å². The minimum atomic E-state index is 0.508. The maximum absolute atomic E-state index is 10.1. The standard InChI is InChI=1S/C17H20O3S2.C4H10/c1-2-13(7-5-6-10-19-12-18)22-16-11-17(21)20-15-9-4-3-8-14(15)16;1-4(2)3/h3-4,8-9,11-13H,2,5-7,10H2,1H3;4H,1-3H3. The van der Waals surface area contributed by atoms with Crippen LogP contribution in [0.5, 0.6) is 0 Å². The third kappa shape index (κ3) is 8.86. The van der Waals surface area contributed by atoms with Gasteiger partial charge in [0, 0.05) is 21.6 Å². The number of hydrogen-bond donors (Lipinski definition) is 0. The number of hydrogen-bond acceptors (Lipinski definition) is 5. The van der Waals surface area contributed by atoms with Gasteiger partial charge in [-0.25, -0.2) is 0 Å². The largest absolute Gasteiger partial charge is 0.468 e. The second-order valence-electron chi connectivity index (χ2n) is 6.77. The molecule has 0 saturated heterocycles. The fourth-order valence-corrected chi connectivity index (χ4v) is 3.87. The van der Waals surface area contributed by atoms with Crippen LogP contribution in [0, 0.1) is 10.6 Å². The van der Waals surface area contributed by atoms with Gasteiger partial charge >= 0.3 is 0 Å². The molecule has 0 amide bonds. The highest BCUT2D eigenvalue weighted by Gasteiger charge is 2.12. The molecule has 1 aromatic carbocycles. The molecule has 0 N–H and O–H groups in total. The maximum Gasteiger partial charge on any atom is 0.293 e. The third-order valence-electron chi connectivity index (χ3n) is 3.47. The van der Waals surface area contributed by atoms with E-state index in [1.165, 1.54) is 4.90 Å². The minimum Gasteiger partial charge on any atom is -0.468 e. The Morgan fingerprint density at radius 3 is 2.58 bits per heavy atom. The summed E-state index contributed by atoms with van der Waals surface area (Å²) in [7, 11) is 0. The van der Waals surface area contributed by atoms with E-state index in [0.29, 0.717) is 23.0 Å². The highest BCUT2D eigenvalue weighted by Crippen LogP contribution is 2.34. The van der Waals surface area contributed by atoms with Gasteiger partial charge in [0.05, 0.1) is 6.61 Å². The van der Waals surface area contributed by atoms with Gasteiger partial charge in [-0.3, -0.25) is 4.79 Å². The van der Waals surface area contributed by atoms with E-state index in [1.54, 1.807) is 0 Å². The SMILES string of the molecule is CC(C)C.CCC(CCCCOC=O)Sc1cc(=S)oc2ccccc12. The molecule has 26 heavy (non-hydrogen) atoms. The Kier molecular flexibility index (Phi) is 11.3. The van der Waals surface area contributed by atoms with Crippen LogP contribution in [0.15, 0.2) is 39.6 Å². The Morgan fingerprint density at radius 1 is 1.23 bits per heavy atom. The number of benzene rings is 1. The van der Waals surface area contributed by atoms with Crippen LogP contribution in [0.25, 0.3) is 11.0 Å². The number of para-hydroxylation sites is 1. The Morgan fingerprint density at radius 2 is 1.92 bits per heavy atom. The highest BCUT2D eigenvalue weighted by molar-refractivity contribution is 8.00. The van der Waals surface area contributed by atoms with E-state index in [9.17, 15) is 4.79 Å². The first-order chi connectivity index (χ1) is 12.5. The molecule has 0 saturated carbocycles. The summed E-state index contributed by atoms with van der Waals surface area (Å²) in [5.41, 5.74) is 0.840. The van der Waals surface area contributed by atoms with E-state index in [2.05, 4.69) is 33.8 Å². The van der Waals surface area contributed by atoms with Crippen molar-refractivity contribution in [3.05, 3.63) is 35.0 Å². The fourth-order valence-electron chi connectivity index (χ4n) is 2.31. The van der Waals surface area contributed by atoms with Crippen LogP contribution in [0.1, 0.15) is 53.4 Å². The van der Waals surface area contributed by atoms with Gasteiger partial charge in [-0.05, 0) is 49.9 Å². The zero-order chi connectivity index (χ0) is 19.4. The number of carbonyl (C=O) groups is 1. The monoisotopic (exact) mass is 394 g/mol. The van der Waals surface area contributed by atoms with Gasteiger partial charge in [0.25, 0.3) is 6.47 Å². The van der Waals surface area contributed by atoms with Crippen LogP contribution in [0.3, 0.4) is 0 Å². The van der Waals surface area contributed by atoms with E-state index in [-0.39, 0.29) is 0 Å². The number of fused-ring (bicyclic) bond motifs is 1. The van der Waals surface area contributed by atoms with Crippen molar-refractivity contribution < 1.29 is 13.9 Å². The first kappa shape index (κ1) is 22.7. The Balaban J connectivity index is 0.000000765. The molecule has 1 atom stereocenters. The van der Waals surface area contributed by atoms with E-state index >= 15 is 0 Å². The third-order valence-corrected chi connectivity index (χ3v) is 5.16. The summed E-state index contributed by atoms with van der Waals surface area (Å²) in [5.74, 6) is 0.833. The lowest BCUT2D eigenvalue weighted by atomic mass is 10.1. The Hall–Kier alpha value is -1.33. The lowest BCUT2D eigenvalue weighted by molar-refractivity contribution is -0.128. The highest BCUT2D eigenvalue weighted by atomic mass is 32.2. The number of thioether (sulfide) groups is 1. The zero-order valence-corrected chi connectivity index (χ0v) is 17.8. The molecule has 0 spiro atoms. The van der Waals surface area contributed by atoms with E-state index in [0.717, 1.165) is 42.6 Å². The predicted octanol–water partition coefficient (Wildman–Crippen LogP) is 7.04. The molecule has 0 aliphatic rings. The minimum absolute atomic E-state index is 0.508. The van der Waals surface area contributed by atoms with Gasteiger partial charge in [-0.2, -0.15) is 0 Å². The first-order valence-electron chi connectivity index (χ1n) is 9.22. The van der Waals surface area contributed by atoms with Crippen molar-refractivity contribution in [3.8, 4) is 0 Å². The van der Waals surface area contributed by atoms with E-state index in [4.69, 9.17) is 21.4 Å². The predicted molar refractivity (Wildman–Crippen MR) is 113 cm³/mol. The lowest BCUT2D eigenvalue weighted by Crippen LogP contribution is -2.02. The molecule has 5 heteroatoms. The maximum atomic E-state index is 10.1. The number of unbranched alkanes of at least 4 members (excludes halogenated alkanes) is 1. The van der Waals surface area contributed by atoms with Crippen molar-refractivity contribution in [2.45, 2.75) is 63.5 Å². The average Bonchev–Trinajstić information content (AvgIpc) is 2.59. The van der Waals surface area contributed by atoms with Gasteiger partial charge in [0.1, 0.15) is 5.58 Å². The summed E-state index contributed by atoms with van der Waals surface area (Å²) < 4.78 is 10.8. The summed E-state index contributed by atoms with van der Waals surface area (Å²) in [4.78, 5) is 11.3. The van der Waals surface area contributed by atoms with Crippen molar-refractivity contribution in [3.63, 3.8) is 0 Å². The number of carbonyl (C=O) groups excluding carboxylic acids is 1. The van der Waals surface area contributed by atoms with Crippen LogP contribution in [-0.2, 0) is 9.53 Å². The van der Waals surface area contributed by atoms with Crippen molar-refractivity contribution in [2.75, 3.05) is 6.61 Å². The van der Waals surface area contributed by atoms with Crippen molar-refractivity contribution in [1.82, 2.24) is 0 Å². The molecule has 1 aromatic heterocycles. The van der Waals surface area contributed by atoms with Crippen LogP contribution < -0.4 is 0 Å². The quantitative estimate of drug-likeness (QED) is 0.197. The molecule has 0 fully saturated rings. The lowest BCUT2D eigenvalue weighted by Gasteiger charge is -2.15. The van der Waals surface area contributed by atoms with Gasteiger partial charge in [0.2, 0.25) is 0 Å². The molecule has 0 aliphatic heterocycles. The van der Waals surface area contributed by atoms with Crippen LogP contribution in [0.4, 0.5) is 0 Å². The smallest absolute Gasteiger partial charge is 0.293 e. The summed E-state index contributed by atoms with van der Waals surface area (Å²) in [6.07, 6.45) is 4.14. The molecule has 1 heterocycles. The molecule has 144 valence electrons. The van der Waals surface area contributed by atoms with Gasteiger partial charge in [-0.1, -0.05) is 45.9 Å². The van der Waals surface area contributed by atoms with E-state index < -0.39 is 0 Å². The molecular formula is C21H30O3S2. The first-order valence-corrected chi connectivity index (χ1v) is 10.5. The zero-order valence-electron chi connectivity index (χ0n) is 16.2. The molecule has 0 radical (unpaired) electrons. The molecular weight excluding hydrogens is 364 g/mol. The van der Waals surface area contributed by atoms with Gasteiger partial charge in [0.15, 0.2) is 4.71 Å². The average molecular weight is 395 g/mol. The molecule has 1 unspecified atom stereocenters. The molecule has 3 nitrogen and oxygen atoms in total. The van der Waals surface area contributed by atoms with Crippen molar-refractivity contribution >= 4 is 41.4 Å². The molecule has 0 bridgehead atoms. The second kappa shape index (κ2) is 12.9. The second-order valence-corrected chi connectivity index (χ2v) is 8.51. The normalized spacial score (nSPS) is 11.7. The summed E-state index contributed by atoms with van der Waals surface area (Å²) in [6.45, 7) is 9.72. The number of ether oxygens (including phenoxy) is 1. The summed E-state index contributed by atoms with van der Waals surface area (Å²) >= 11 is 7.08. The van der Waals surface area contributed by atoms with Crippen molar-refractivity contribution in [1.29, 1.82) is 0 Å². The summed E-state index contributed by atoms with van der Waals surface area (Å²) in [5, 5.41) is 1.64. The fraction of sp³-hybridized carbons (Fsp3) is 0.524. The number of rotatable bonds is 9. The molecule has 2 rings (SSSR count). The van der Waals surface area contributed by atoms with Crippen LogP contribution >= 0.6 is 24.0 Å². The topological polar surface area (TPSA) is 39.4 Å². The molecule has 2 aromatic rings.